The van der Waals surface area contributed by atoms with Crippen LogP contribution in [0.5, 0.6) is 0 Å². The van der Waals surface area contributed by atoms with E-state index in [0.29, 0.717) is 0 Å². The molecule has 1 aromatic carbocycles. The summed E-state index contributed by atoms with van der Waals surface area (Å²) >= 11 is 0. The van der Waals surface area contributed by atoms with Crippen LogP contribution in [-0.2, 0) is 29.7 Å². The Kier molecular flexibility index (Phi) is 5.19. The average molecular weight is 324 g/mol. The Morgan fingerprint density at radius 1 is 1.10 bits per heavy atom. The van der Waals surface area contributed by atoms with Crippen LogP contribution < -0.4 is 9.61 Å². The number of hydrogen-bond donors (Lipinski definition) is 3. The summed E-state index contributed by atoms with van der Waals surface area (Å²) in [5, 5.41) is 8.30. The number of benzene rings is 1. The van der Waals surface area contributed by atoms with E-state index in [1.54, 1.807) is 4.89 Å². The van der Waals surface area contributed by atoms with Crippen LogP contribution in [0, 0.1) is 0 Å². The lowest BCUT2D eigenvalue weighted by atomic mass is 10.4. The fraction of sp³-hybridized carbons (Fsp3) is 0.222. The van der Waals surface area contributed by atoms with E-state index in [4.69, 9.17) is 5.11 Å². The normalized spacial score (nSPS) is 12.2. The van der Waals surface area contributed by atoms with Gasteiger partial charge in [0.15, 0.2) is 6.61 Å². The minimum absolute atomic E-state index is 0.106. The minimum atomic E-state index is -4.08. The molecule has 0 fully saturated rings. The first kappa shape index (κ1) is 16.5. The van der Waals surface area contributed by atoms with Crippen LogP contribution in [0.1, 0.15) is 0 Å². The van der Waals surface area contributed by atoms with E-state index in [0.717, 1.165) is 24.3 Å². The molecule has 0 aliphatic carbocycles. The highest BCUT2D eigenvalue weighted by Crippen LogP contribution is 2.13. The molecule has 0 spiro atoms. The van der Waals surface area contributed by atoms with Gasteiger partial charge in [-0.1, -0.05) is 4.89 Å². The second-order valence-corrected chi connectivity index (χ2v) is 6.98. The number of sulfonamides is 2. The number of hydrogen-bond acceptors (Lipinski definition) is 6. The monoisotopic (exact) mass is 324 g/mol. The molecular weight excluding hydrogens is 312 g/mol. The molecule has 0 bridgehead atoms. The maximum atomic E-state index is 11.7. The zero-order valence-corrected chi connectivity index (χ0v) is 11.9. The highest BCUT2D eigenvalue weighted by atomic mass is 32.2. The molecule has 0 heterocycles. The Hall–Kier alpha value is -1.53. The van der Waals surface area contributed by atoms with Crippen molar-refractivity contribution >= 4 is 26.0 Å². The average Bonchev–Trinajstić information content (AvgIpc) is 2.38. The molecule has 0 saturated heterocycles. The van der Waals surface area contributed by atoms with Crippen molar-refractivity contribution in [3.63, 3.8) is 0 Å². The molecule has 20 heavy (non-hydrogen) atoms. The molecule has 3 N–H and O–H groups in total. The summed E-state index contributed by atoms with van der Waals surface area (Å²) in [5.74, 6) is -1.34. The second kappa shape index (κ2) is 6.28. The Balaban J connectivity index is 2.90. The molecule has 1 rings (SSSR count). The molecule has 0 aliphatic heterocycles. The van der Waals surface area contributed by atoms with E-state index in [-0.39, 0.29) is 9.79 Å². The first-order valence-electron chi connectivity index (χ1n) is 5.08. The Morgan fingerprint density at radius 3 is 1.95 bits per heavy atom. The third kappa shape index (κ3) is 4.25. The van der Waals surface area contributed by atoms with Crippen LogP contribution in [0.2, 0.25) is 0 Å². The molecule has 0 saturated carbocycles. The van der Waals surface area contributed by atoms with Gasteiger partial charge in [-0.05, 0) is 31.3 Å². The molecule has 9 nitrogen and oxygen atoms in total. The van der Waals surface area contributed by atoms with E-state index in [1.165, 1.54) is 7.05 Å². The van der Waals surface area contributed by atoms with Gasteiger partial charge in [-0.15, -0.1) is 0 Å². The summed E-state index contributed by atoms with van der Waals surface area (Å²) in [4.78, 5) is 15.7. The van der Waals surface area contributed by atoms with Gasteiger partial charge in [0, 0.05) is 0 Å². The fourth-order valence-corrected chi connectivity index (χ4v) is 2.67. The lowest BCUT2D eigenvalue weighted by Gasteiger charge is -2.07. The SMILES string of the molecule is CNS(=O)(=O)c1ccc(S(=O)(=O)NOCC(=O)O)cc1. The maximum absolute atomic E-state index is 11.7. The Labute approximate surface area is 115 Å². The predicted molar refractivity (Wildman–Crippen MR) is 66.6 cm³/mol. The smallest absolute Gasteiger partial charge is 0.331 e. The number of carboxylic acid groups (broad SMARTS) is 1. The van der Waals surface area contributed by atoms with E-state index in [1.807, 2.05) is 0 Å². The van der Waals surface area contributed by atoms with Crippen molar-refractivity contribution < 1.29 is 31.6 Å². The van der Waals surface area contributed by atoms with Crippen molar-refractivity contribution in [3.8, 4) is 0 Å². The zero-order chi connectivity index (χ0) is 15.4. The summed E-state index contributed by atoms with van der Waals surface area (Å²) in [6, 6.07) is 4.29. The van der Waals surface area contributed by atoms with Crippen molar-refractivity contribution in [3.05, 3.63) is 24.3 Å². The van der Waals surface area contributed by atoms with Gasteiger partial charge in [0.25, 0.3) is 10.0 Å². The van der Waals surface area contributed by atoms with E-state index in [2.05, 4.69) is 9.56 Å². The third-order valence-corrected chi connectivity index (χ3v) is 4.74. The largest absolute Gasteiger partial charge is 0.479 e. The zero-order valence-electron chi connectivity index (χ0n) is 10.2. The standard InChI is InChI=1S/C9H12N2O7S2/c1-10-19(14,15)7-2-4-8(5-3-7)20(16,17)11-18-6-9(12)13/h2-5,10-11H,6H2,1H3,(H,12,13). The van der Waals surface area contributed by atoms with Crippen molar-refractivity contribution in [2.45, 2.75) is 9.79 Å². The number of carboxylic acids is 1. The van der Waals surface area contributed by atoms with Gasteiger partial charge >= 0.3 is 5.97 Å². The van der Waals surface area contributed by atoms with E-state index < -0.39 is 32.6 Å². The predicted octanol–water partition coefficient (Wildman–Crippen LogP) is -1.11. The van der Waals surface area contributed by atoms with Gasteiger partial charge in [0.05, 0.1) is 9.79 Å². The fourth-order valence-electron chi connectivity index (χ4n) is 1.13. The molecule has 0 unspecified atom stereocenters. The van der Waals surface area contributed by atoms with E-state index in [9.17, 15) is 21.6 Å². The maximum Gasteiger partial charge on any atom is 0.331 e. The van der Waals surface area contributed by atoms with Gasteiger partial charge in [-0.3, -0.25) is 4.84 Å². The lowest BCUT2D eigenvalue weighted by molar-refractivity contribution is -0.143. The van der Waals surface area contributed by atoms with Gasteiger partial charge in [-0.25, -0.2) is 26.4 Å². The molecule has 0 aliphatic rings. The third-order valence-electron chi connectivity index (χ3n) is 2.08. The number of rotatable bonds is 7. The van der Waals surface area contributed by atoms with Crippen LogP contribution in [-0.4, -0.2) is 41.6 Å². The van der Waals surface area contributed by atoms with Crippen molar-refractivity contribution in [1.82, 2.24) is 9.61 Å². The van der Waals surface area contributed by atoms with E-state index >= 15 is 0 Å². The van der Waals surface area contributed by atoms with Crippen LogP contribution >= 0.6 is 0 Å². The first-order chi connectivity index (χ1) is 9.19. The molecule has 11 heteroatoms. The van der Waals surface area contributed by atoms with Crippen LogP contribution in [0.15, 0.2) is 34.1 Å². The van der Waals surface area contributed by atoms with Gasteiger partial charge in [0.2, 0.25) is 10.0 Å². The molecule has 112 valence electrons. The number of carbonyl (C=O) groups is 1. The summed E-state index contributed by atoms with van der Waals surface area (Å²) in [6.45, 7) is -0.842. The summed E-state index contributed by atoms with van der Waals surface area (Å²) in [7, 11) is -6.52. The molecule has 0 radical (unpaired) electrons. The summed E-state index contributed by atoms with van der Waals surface area (Å²) in [5.41, 5.74) is 0. The first-order valence-corrected chi connectivity index (χ1v) is 8.04. The van der Waals surface area contributed by atoms with Crippen molar-refractivity contribution in [2.24, 2.45) is 0 Å². The molecular formula is C9H12N2O7S2. The lowest BCUT2D eigenvalue weighted by Crippen LogP contribution is -2.27. The topological polar surface area (TPSA) is 139 Å². The Bertz CT molecular complexity index is 680. The Morgan fingerprint density at radius 2 is 1.55 bits per heavy atom. The van der Waals surface area contributed by atoms with Gasteiger partial charge in [-0.2, -0.15) is 0 Å². The van der Waals surface area contributed by atoms with Crippen LogP contribution in [0.3, 0.4) is 0 Å². The minimum Gasteiger partial charge on any atom is -0.479 e. The molecule has 0 amide bonds. The van der Waals surface area contributed by atoms with Gasteiger partial charge < -0.3 is 5.11 Å². The van der Waals surface area contributed by atoms with Crippen molar-refractivity contribution in [2.75, 3.05) is 13.7 Å². The highest BCUT2D eigenvalue weighted by Gasteiger charge is 2.17. The summed E-state index contributed by atoms with van der Waals surface area (Å²) in [6.07, 6.45) is 0. The quantitative estimate of drug-likeness (QED) is 0.540. The van der Waals surface area contributed by atoms with Gasteiger partial charge in [0.1, 0.15) is 0 Å². The molecule has 0 atom stereocenters. The van der Waals surface area contributed by atoms with Crippen molar-refractivity contribution in [1.29, 1.82) is 0 Å². The second-order valence-electron chi connectivity index (χ2n) is 3.45. The molecule has 0 aromatic heterocycles. The highest BCUT2D eigenvalue weighted by molar-refractivity contribution is 7.89. The number of aliphatic carboxylic acids is 1. The summed E-state index contributed by atoms with van der Waals surface area (Å²) < 4.78 is 48.3. The van der Waals surface area contributed by atoms with Crippen LogP contribution in [0.4, 0.5) is 0 Å². The molecule has 1 aromatic rings. The number of nitrogens with one attached hydrogen (secondary N) is 2. The van der Waals surface area contributed by atoms with Crippen LogP contribution in [0.25, 0.3) is 0 Å².